The summed E-state index contributed by atoms with van der Waals surface area (Å²) in [6.07, 6.45) is 1.44. The van der Waals surface area contributed by atoms with Crippen LogP contribution >= 0.6 is 0 Å². The average molecular weight is 387 g/mol. The van der Waals surface area contributed by atoms with Crippen molar-refractivity contribution in [3.8, 4) is 11.1 Å². The lowest BCUT2D eigenvalue weighted by atomic mass is 10.0. The largest absolute Gasteiger partial charge is 0.444 e. The number of nitrogens with one attached hydrogen (secondary N) is 2. The van der Waals surface area contributed by atoms with E-state index in [9.17, 15) is 4.79 Å². The smallest absolute Gasteiger partial charge is 0.407 e. The van der Waals surface area contributed by atoms with Gasteiger partial charge < -0.3 is 15.0 Å². The molecular weight excluding hydrogens is 362 g/mol. The molecule has 148 valence electrons. The number of nitrogens with zero attached hydrogens (tertiary/aromatic N) is 1. The highest BCUT2D eigenvalue weighted by Gasteiger charge is 2.15. The number of fused-ring (bicyclic) bond motifs is 3. The molecule has 5 nitrogen and oxygen atoms in total. The standard InChI is InChI=1S/C24H25N3O2/c1-15-22-19(10-11-25-15)20-13-18(8-9-21(20)27-22)17-7-5-6-16(12-17)14-26-23(28)29-24(2,3)4/h5-13,27H,14H2,1-4H3,(H,26,28). The zero-order valence-electron chi connectivity index (χ0n) is 17.2. The summed E-state index contributed by atoms with van der Waals surface area (Å²) in [7, 11) is 0. The van der Waals surface area contributed by atoms with E-state index >= 15 is 0 Å². The molecule has 0 spiro atoms. The van der Waals surface area contributed by atoms with Crippen molar-refractivity contribution < 1.29 is 9.53 Å². The van der Waals surface area contributed by atoms with Crippen molar-refractivity contribution in [1.29, 1.82) is 0 Å². The van der Waals surface area contributed by atoms with Gasteiger partial charge in [-0.2, -0.15) is 0 Å². The van der Waals surface area contributed by atoms with Crippen molar-refractivity contribution >= 4 is 27.9 Å². The van der Waals surface area contributed by atoms with Crippen molar-refractivity contribution in [2.75, 3.05) is 0 Å². The minimum Gasteiger partial charge on any atom is -0.444 e. The molecule has 4 rings (SSSR count). The molecule has 0 radical (unpaired) electrons. The second-order valence-corrected chi connectivity index (χ2v) is 8.26. The zero-order chi connectivity index (χ0) is 20.6. The first-order valence-corrected chi connectivity index (χ1v) is 9.73. The molecule has 0 fully saturated rings. The topological polar surface area (TPSA) is 67.0 Å². The molecule has 5 heteroatoms. The van der Waals surface area contributed by atoms with Gasteiger partial charge in [0.05, 0.1) is 11.2 Å². The molecule has 0 aliphatic rings. The first kappa shape index (κ1) is 19.0. The number of hydrogen-bond acceptors (Lipinski definition) is 3. The lowest BCUT2D eigenvalue weighted by molar-refractivity contribution is 0.0523. The van der Waals surface area contributed by atoms with Gasteiger partial charge in [-0.15, -0.1) is 0 Å². The van der Waals surface area contributed by atoms with Crippen LogP contribution in [0.25, 0.3) is 32.9 Å². The molecule has 2 N–H and O–H groups in total. The quantitative estimate of drug-likeness (QED) is 0.473. The molecule has 1 amide bonds. The van der Waals surface area contributed by atoms with Crippen molar-refractivity contribution in [1.82, 2.24) is 15.3 Å². The fourth-order valence-electron chi connectivity index (χ4n) is 3.49. The van der Waals surface area contributed by atoms with Crippen molar-refractivity contribution in [3.05, 3.63) is 66.0 Å². The van der Waals surface area contributed by atoms with Gasteiger partial charge in [0.15, 0.2) is 0 Å². The van der Waals surface area contributed by atoms with Gasteiger partial charge in [0, 0.05) is 29.0 Å². The zero-order valence-corrected chi connectivity index (χ0v) is 17.2. The summed E-state index contributed by atoms with van der Waals surface area (Å²) in [5, 5.41) is 5.18. The van der Waals surface area contributed by atoms with Gasteiger partial charge in [0.2, 0.25) is 0 Å². The molecule has 0 aliphatic carbocycles. The molecule has 4 aromatic rings. The van der Waals surface area contributed by atoms with Gasteiger partial charge in [0.25, 0.3) is 0 Å². The van der Waals surface area contributed by atoms with E-state index in [0.29, 0.717) is 6.54 Å². The van der Waals surface area contributed by atoms with Gasteiger partial charge >= 0.3 is 6.09 Å². The Bertz CT molecular complexity index is 1200. The maximum atomic E-state index is 11.9. The number of benzene rings is 2. The Kier molecular flexibility index (Phi) is 4.74. The number of pyridine rings is 1. The van der Waals surface area contributed by atoms with E-state index in [4.69, 9.17) is 4.74 Å². The fraction of sp³-hybridized carbons (Fsp3) is 0.250. The number of aryl methyl sites for hydroxylation is 1. The monoisotopic (exact) mass is 387 g/mol. The van der Waals surface area contributed by atoms with Crippen LogP contribution in [-0.4, -0.2) is 21.7 Å². The highest BCUT2D eigenvalue weighted by atomic mass is 16.6. The summed E-state index contributed by atoms with van der Waals surface area (Å²) >= 11 is 0. The minimum atomic E-state index is -0.505. The summed E-state index contributed by atoms with van der Waals surface area (Å²) in [6, 6.07) is 16.7. The van der Waals surface area contributed by atoms with Crippen molar-refractivity contribution in [2.24, 2.45) is 0 Å². The molecule has 0 bridgehead atoms. The molecule has 2 heterocycles. The molecule has 2 aromatic heterocycles. The van der Waals surface area contributed by atoms with Gasteiger partial charge in [0.1, 0.15) is 5.60 Å². The number of carbonyl (C=O) groups is 1. The molecule has 0 atom stereocenters. The summed E-state index contributed by atoms with van der Waals surface area (Å²) < 4.78 is 5.31. The Morgan fingerprint density at radius 3 is 2.66 bits per heavy atom. The number of carbonyl (C=O) groups excluding carboxylic acids is 1. The summed E-state index contributed by atoms with van der Waals surface area (Å²) in [5.74, 6) is 0. The van der Waals surface area contributed by atoms with Crippen LogP contribution in [0.5, 0.6) is 0 Å². The normalized spacial score (nSPS) is 11.7. The number of aromatic nitrogens is 2. The molecule has 29 heavy (non-hydrogen) atoms. The highest BCUT2D eigenvalue weighted by molar-refractivity contribution is 6.09. The number of amides is 1. The number of aromatic amines is 1. The van der Waals surface area contributed by atoms with Gasteiger partial charge in [-0.3, -0.25) is 4.98 Å². The van der Waals surface area contributed by atoms with Crippen LogP contribution in [0.15, 0.2) is 54.7 Å². The molecular formula is C24H25N3O2. The molecule has 0 saturated heterocycles. The van der Waals surface area contributed by atoms with Crippen molar-refractivity contribution in [3.63, 3.8) is 0 Å². The van der Waals surface area contributed by atoms with E-state index in [-0.39, 0.29) is 0 Å². The molecule has 0 aliphatic heterocycles. The van der Waals surface area contributed by atoms with E-state index in [2.05, 4.69) is 45.6 Å². The van der Waals surface area contributed by atoms with Gasteiger partial charge in [-0.25, -0.2) is 4.79 Å². The predicted molar refractivity (Wildman–Crippen MR) is 117 cm³/mol. The van der Waals surface area contributed by atoms with E-state index in [1.54, 1.807) is 0 Å². The fourth-order valence-corrected chi connectivity index (χ4v) is 3.49. The van der Waals surface area contributed by atoms with Crippen LogP contribution in [0.4, 0.5) is 4.79 Å². The summed E-state index contributed by atoms with van der Waals surface area (Å²) in [6.45, 7) is 7.99. The summed E-state index contributed by atoms with van der Waals surface area (Å²) in [4.78, 5) is 19.8. The number of rotatable bonds is 3. The number of hydrogen-bond donors (Lipinski definition) is 2. The molecule has 0 unspecified atom stereocenters. The van der Waals surface area contributed by atoms with Crippen LogP contribution in [0.1, 0.15) is 32.0 Å². The third-order valence-electron chi connectivity index (χ3n) is 4.81. The molecule has 2 aromatic carbocycles. The first-order valence-electron chi connectivity index (χ1n) is 9.73. The van der Waals surface area contributed by atoms with Gasteiger partial charge in [-0.05, 0) is 68.7 Å². The van der Waals surface area contributed by atoms with E-state index in [1.165, 1.54) is 10.8 Å². The Morgan fingerprint density at radius 2 is 1.86 bits per heavy atom. The number of alkyl carbamates (subject to hydrolysis) is 1. The van der Waals surface area contributed by atoms with E-state index in [1.807, 2.05) is 52.1 Å². The third-order valence-corrected chi connectivity index (χ3v) is 4.81. The van der Waals surface area contributed by atoms with Crippen LogP contribution in [0.2, 0.25) is 0 Å². The summed E-state index contributed by atoms with van der Waals surface area (Å²) in [5.41, 5.74) is 5.93. The number of H-pyrrole nitrogens is 1. The van der Waals surface area contributed by atoms with Gasteiger partial charge in [-0.1, -0.05) is 24.3 Å². The number of ether oxygens (including phenoxy) is 1. The maximum Gasteiger partial charge on any atom is 0.407 e. The van der Waals surface area contributed by atoms with E-state index in [0.717, 1.165) is 33.4 Å². The lowest BCUT2D eigenvalue weighted by Crippen LogP contribution is -2.32. The predicted octanol–water partition coefficient (Wildman–Crippen LogP) is 5.72. The maximum absolute atomic E-state index is 11.9. The Balaban J connectivity index is 1.61. The second kappa shape index (κ2) is 7.24. The molecule has 0 saturated carbocycles. The van der Waals surface area contributed by atoms with Crippen molar-refractivity contribution in [2.45, 2.75) is 39.8 Å². The SMILES string of the molecule is Cc1nccc2c1[nH]c1ccc(-c3cccc(CNC(=O)OC(C)(C)C)c3)cc12. The Morgan fingerprint density at radius 1 is 1.07 bits per heavy atom. The lowest BCUT2D eigenvalue weighted by Gasteiger charge is -2.19. The van der Waals surface area contributed by atoms with E-state index < -0.39 is 11.7 Å². The average Bonchev–Trinajstić information content (AvgIpc) is 3.05. The van der Waals surface area contributed by atoms with Crippen LogP contribution in [0, 0.1) is 6.92 Å². The first-order chi connectivity index (χ1) is 13.8. The Labute approximate surface area is 170 Å². The minimum absolute atomic E-state index is 0.410. The van der Waals surface area contributed by atoms with Crippen LogP contribution < -0.4 is 5.32 Å². The Hall–Kier alpha value is -3.34. The van der Waals surface area contributed by atoms with Crippen LogP contribution in [0.3, 0.4) is 0 Å². The van der Waals surface area contributed by atoms with Crippen LogP contribution in [-0.2, 0) is 11.3 Å². The second-order valence-electron chi connectivity index (χ2n) is 8.26. The third kappa shape index (κ3) is 4.09. The highest BCUT2D eigenvalue weighted by Crippen LogP contribution is 2.31.